The molecule has 11 heteroatoms. The van der Waals surface area contributed by atoms with Gasteiger partial charge < -0.3 is 20.3 Å². The smallest absolute Gasteiger partial charge is 0.409 e. The first-order chi connectivity index (χ1) is 17.8. The average molecular weight is 527 g/mol. The number of carbonyl (C=O) groups excluding carboxylic acids is 3. The molecule has 0 spiro atoms. The number of urea groups is 1. The monoisotopic (exact) mass is 526 g/mol. The van der Waals surface area contributed by atoms with Gasteiger partial charge in [-0.3, -0.25) is 9.69 Å². The topological polar surface area (TPSA) is 128 Å². The lowest BCUT2D eigenvalue weighted by Gasteiger charge is -2.31. The van der Waals surface area contributed by atoms with Crippen LogP contribution in [0.4, 0.5) is 14.7 Å². The van der Waals surface area contributed by atoms with Gasteiger partial charge in [0, 0.05) is 42.2 Å². The lowest BCUT2D eigenvalue weighted by atomic mass is 10.1. The van der Waals surface area contributed by atoms with E-state index in [-0.39, 0.29) is 25.2 Å². The van der Waals surface area contributed by atoms with E-state index in [1.807, 2.05) is 37.4 Å². The Kier molecular flexibility index (Phi) is 10.3. The van der Waals surface area contributed by atoms with Crippen LogP contribution in [0, 0.1) is 17.2 Å². The number of nitriles is 1. The number of carbonyl (C=O) groups is 3. The van der Waals surface area contributed by atoms with Crippen molar-refractivity contribution in [1.82, 2.24) is 20.1 Å². The van der Waals surface area contributed by atoms with Gasteiger partial charge >= 0.3 is 12.1 Å². The van der Waals surface area contributed by atoms with Gasteiger partial charge in [-0.05, 0) is 44.2 Å². The van der Waals surface area contributed by atoms with Crippen molar-refractivity contribution in [3.8, 4) is 17.3 Å². The van der Waals surface area contributed by atoms with Gasteiger partial charge in [0.05, 0.1) is 18.4 Å². The molecule has 0 unspecified atom stereocenters. The summed E-state index contributed by atoms with van der Waals surface area (Å²) in [6.07, 6.45) is 2.05. The molecule has 2 aromatic rings. The molecule has 1 aromatic carbocycles. The molecule has 10 nitrogen and oxygen atoms in total. The van der Waals surface area contributed by atoms with E-state index in [2.05, 4.69) is 10.6 Å². The predicted molar refractivity (Wildman–Crippen MR) is 142 cm³/mol. The van der Waals surface area contributed by atoms with Crippen molar-refractivity contribution >= 4 is 34.5 Å². The molecule has 0 radical (unpaired) electrons. The van der Waals surface area contributed by atoms with Gasteiger partial charge in [0.1, 0.15) is 6.54 Å². The average Bonchev–Trinajstić information content (AvgIpc) is 3.36. The second kappa shape index (κ2) is 13.6. The van der Waals surface area contributed by atoms with Gasteiger partial charge in [-0.2, -0.15) is 5.26 Å². The molecule has 0 saturated carbocycles. The molecule has 1 aliphatic heterocycles. The van der Waals surface area contributed by atoms with E-state index in [9.17, 15) is 14.4 Å². The number of amides is 4. The normalized spacial score (nSPS) is 13.6. The van der Waals surface area contributed by atoms with Crippen LogP contribution in [0.1, 0.15) is 50.4 Å². The minimum atomic E-state index is -0.570. The molecular formula is C26H34N6O4S. The number of likely N-dealkylation sites (tertiary alicyclic amines) is 1. The number of benzene rings is 1. The molecule has 2 heterocycles. The summed E-state index contributed by atoms with van der Waals surface area (Å²) in [6, 6.07) is 8.53. The quantitative estimate of drug-likeness (QED) is 0.458. The zero-order valence-corrected chi connectivity index (χ0v) is 22.3. The number of nitrogens with one attached hydrogen (secondary N) is 2. The maximum Gasteiger partial charge on any atom is 0.409 e. The van der Waals surface area contributed by atoms with Crippen molar-refractivity contribution in [3.63, 3.8) is 0 Å². The first-order valence-corrected chi connectivity index (χ1v) is 13.4. The number of rotatable bonds is 9. The summed E-state index contributed by atoms with van der Waals surface area (Å²) >= 11 is 1.51. The third-order valence-electron chi connectivity index (χ3n) is 6.02. The Morgan fingerprint density at radius 3 is 2.57 bits per heavy atom. The standard InChI is InChI=1S/C26H34N6O4S/c1-4-36-26(35)31-14-10-21(11-15-31)29-24-30-22(17-37-24)19-5-7-20(8-6-19)23(33)32(16-9-18(2)3)25(34)28-13-12-27/h5-8,17-18,21H,4,9-11,13-16H2,1-3H3,(H,28,34)(H,29,30). The maximum atomic E-state index is 13.1. The highest BCUT2D eigenvalue weighted by molar-refractivity contribution is 7.14. The Hall–Kier alpha value is -3.65. The molecular weight excluding hydrogens is 492 g/mol. The lowest BCUT2D eigenvalue weighted by Crippen LogP contribution is -2.44. The predicted octanol–water partition coefficient (Wildman–Crippen LogP) is 4.56. The number of piperidine rings is 1. The van der Waals surface area contributed by atoms with Gasteiger partial charge in [0.15, 0.2) is 5.13 Å². The van der Waals surface area contributed by atoms with E-state index in [1.54, 1.807) is 24.0 Å². The molecule has 0 atom stereocenters. The summed E-state index contributed by atoms with van der Waals surface area (Å²) < 4.78 is 5.07. The Morgan fingerprint density at radius 1 is 1.24 bits per heavy atom. The molecule has 198 valence electrons. The number of ether oxygens (including phenoxy) is 1. The summed E-state index contributed by atoms with van der Waals surface area (Å²) in [7, 11) is 0. The van der Waals surface area contributed by atoms with Crippen molar-refractivity contribution in [2.24, 2.45) is 5.92 Å². The molecule has 4 amide bonds. The SMILES string of the molecule is CCOC(=O)N1CCC(Nc2nc(-c3ccc(C(=O)N(CCC(C)C)C(=O)NCC#N)cc3)cs2)CC1. The molecule has 1 saturated heterocycles. The molecule has 37 heavy (non-hydrogen) atoms. The van der Waals surface area contributed by atoms with Gasteiger partial charge in [0.2, 0.25) is 0 Å². The fraction of sp³-hybridized carbons (Fsp3) is 0.500. The lowest BCUT2D eigenvalue weighted by molar-refractivity contribution is 0.0795. The molecule has 1 aliphatic rings. The first-order valence-electron chi connectivity index (χ1n) is 12.5. The van der Waals surface area contributed by atoms with Crippen molar-refractivity contribution < 1.29 is 19.1 Å². The summed E-state index contributed by atoms with van der Waals surface area (Å²) in [6.45, 7) is 7.63. The molecule has 0 aliphatic carbocycles. The van der Waals surface area contributed by atoms with Crippen molar-refractivity contribution in [3.05, 3.63) is 35.2 Å². The first kappa shape index (κ1) is 27.9. The van der Waals surface area contributed by atoms with Crippen LogP contribution in [0.2, 0.25) is 0 Å². The zero-order chi connectivity index (χ0) is 26.8. The third kappa shape index (κ3) is 7.92. The van der Waals surface area contributed by atoms with Crippen LogP contribution in [-0.4, -0.2) is 71.6 Å². The molecule has 3 rings (SSSR count). The highest BCUT2D eigenvalue weighted by Crippen LogP contribution is 2.27. The van der Waals surface area contributed by atoms with Gasteiger partial charge in [-0.15, -0.1) is 11.3 Å². The highest BCUT2D eigenvalue weighted by atomic mass is 32.1. The van der Waals surface area contributed by atoms with E-state index in [4.69, 9.17) is 15.0 Å². The van der Waals surface area contributed by atoms with Crippen molar-refractivity contribution in [2.45, 2.75) is 46.1 Å². The second-order valence-electron chi connectivity index (χ2n) is 9.18. The van der Waals surface area contributed by atoms with Crippen LogP contribution in [0.25, 0.3) is 11.3 Å². The number of imide groups is 1. The van der Waals surface area contributed by atoms with Crippen LogP contribution in [0.15, 0.2) is 29.6 Å². The van der Waals surface area contributed by atoms with E-state index >= 15 is 0 Å². The van der Waals surface area contributed by atoms with Crippen LogP contribution >= 0.6 is 11.3 Å². The van der Waals surface area contributed by atoms with Gasteiger partial charge in [-0.25, -0.2) is 14.6 Å². The Bertz CT molecular complexity index is 1100. The van der Waals surface area contributed by atoms with Crippen molar-refractivity contribution in [1.29, 1.82) is 5.26 Å². The number of anilines is 1. The number of thiazole rings is 1. The summed E-state index contributed by atoms with van der Waals surface area (Å²) in [5.41, 5.74) is 2.04. The Labute approximate surface area is 221 Å². The number of hydrogen-bond donors (Lipinski definition) is 2. The van der Waals surface area contributed by atoms with E-state index in [0.717, 1.165) is 34.1 Å². The van der Waals surface area contributed by atoms with Crippen molar-refractivity contribution in [2.75, 3.05) is 38.1 Å². The van der Waals surface area contributed by atoms with Gasteiger partial charge in [-0.1, -0.05) is 26.0 Å². The van der Waals surface area contributed by atoms with E-state index in [1.165, 1.54) is 11.3 Å². The Balaban J connectivity index is 1.60. The summed E-state index contributed by atoms with van der Waals surface area (Å²) in [5, 5.41) is 17.4. The molecule has 2 N–H and O–H groups in total. The Morgan fingerprint density at radius 2 is 1.95 bits per heavy atom. The number of hydrogen-bond acceptors (Lipinski definition) is 8. The maximum absolute atomic E-state index is 13.1. The fourth-order valence-electron chi connectivity index (χ4n) is 3.90. The number of aromatic nitrogens is 1. The molecule has 1 aromatic heterocycles. The molecule has 0 bridgehead atoms. The molecule has 1 fully saturated rings. The summed E-state index contributed by atoms with van der Waals surface area (Å²) in [4.78, 5) is 45.0. The largest absolute Gasteiger partial charge is 0.450 e. The van der Waals surface area contributed by atoms with Crippen LogP contribution in [-0.2, 0) is 4.74 Å². The fourth-order valence-corrected chi connectivity index (χ4v) is 4.70. The van der Waals surface area contributed by atoms with Crippen LogP contribution in [0.3, 0.4) is 0 Å². The van der Waals surface area contributed by atoms with Gasteiger partial charge in [0.25, 0.3) is 5.91 Å². The second-order valence-corrected chi connectivity index (χ2v) is 10.0. The number of nitrogens with zero attached hydrogens (tertiary/aromatic N) is 4. The zero-order valence-electron chi connectivity index (χ0n) is 21.5. The minimum absolute atomic E-state index is 0.159. The minimum Gasteiger partial charge on any atom is -0.450 e. The van der Waals surface area contributed by atoms with E-state index < -0.39 is 11.9 Å². The highest BCUT2D eigenvalue weighted by Gasteiger charge is 2.25. The summed E-state index contributed by atoms with van der Waals surface area (Å²) in [5.74, 6) is -0.0866. The van der Waals surface area contributed by atoms with Crippen LogP contribution in [0.5, 0.6) is 0 Å². The van der Waals surface area contributed by atoms with E-state index in [0.29, 0.717) is 37.6 Å². The van der Waals surface area contributed by atoms with Crippen LogP contribution < -0.4 is 10.6 Å². The third-order valence-corrected chi connectivity index (χ3v) is 6.79.